The molecule has 0 saturated carbocycles. The zero-order valence-corrected chi connectivity index (χ0v) is 8.67. The highest BCUT2D eigenvalue weighted by Gasteiger charge is 1.82. The Labute approximate surface area is 73.2 Å². The van der Waals surface area contributed by atoms with Crippen molar-refractivity contribution < 1.29 is 0 Å². The first kappa shape index (κ1) is 12.5. The molecular formula is C7H15BrN2. The van der Waals surface area contributed by atoms with E-state index in [1.165, 1.54) is 0 Å². The van der Waals surface area contributed by atoms with E-state index in [4.69, 9.17) is 0 Å². The van der Waals surface area contributed by atoms with Gasteiger partial charge in [-0.25, -0.2) is 9.98 Å². The minimum Gasteiger partial charge on any atom is -0.223 e. The zero-order valence-electron chi connectivity index (χ0n) is 6.96. The number of aliphatic imine (C=N–C) groups is 2. The van der Waals surface area contributed by atoms with Crippen molar-refractivity contribution in [2.45, 2.75) is 39.8 Å². The topological polar surface area (TPSA) is 24.7 Å². The molecule has 0 aliphatic heterocycles. The second kappa shape index (κ2) is 6.97. The number of hydrogen-bond donors (Lipinski definition) is 0. The molecule has 60 valence electrons. The van der Waals surface area contributed by atoms with Gasteiger partial charge in [-0.1, -0.05) is 0 Å². The summed E-state index contributed by atoms with van der Waals surface area (Å²) in [5, 5.41) is 0. The molecule has 0 heterocycles. The third-order valence-electron chi connectivity index (χ3n) is 0.632. The van der Waals surface area contributed by atoms with Crippen LogP contribution in [-0.4, -0.2) is 18.1 Å². The lowest BCUT2D eigenvalue weighted by Gasteiger charge is -1.89. The molecule has 0 aliphatic carbocycles. The van der Waals surface area contributed by atoms with E-state index in [2.05, 4.69) is 16.0 Å². The van der Waals surface area contributed by atoms with E-state index in [-0.39, 0.29) is 17.0 Å². The first-order valence-electron chi connectivity index (χ1n) is 3.27. The Morgan fingerprint density at radius 3 is 1.40 bits per heavy atom. The van der Waals surface area contributed by atoms with Gasteiger partial charge in [0, 0.05) is 0 Å². The van der Waals surface area contributed by atoms with Crippen molar-refractivity contribution in [1.82, 2.24) is 0 Å². The third-order valence-corrected chi connectivity index (χ3v) is 0.632. The first-order chi connectivity index (χ1) is 4.13. The van der Waals surface area contributed by atoms with Gasteiger partial charge in [0.1, 0.15) is 0 Å². The molecule has 0 amide bonds. The summed E-state index contributed by atoms with van der Waals surface area (Å²) in [4.78, 5) is 7.90. The van der Waals surface area contributed by atoms with Gasteiger partial charge in [0.15, 0.2) is 0 Å². The van der Waals surface area contributed by atoms with Crippen molar-refractivity contribution in [3.63, 3.8) is 0 Å². The van der Waals surface area contributed by atoms with E-state index in [1.807, 2.05) is 27.7 Å². The summed E-state index contributed by atoms with van der Waals surface area (Å²) in [6, 6.07) is 3.26. The fourth-order valence-electron chi connectivity index (χ4n) is 0.264. The second-order valence-corrected chi connectivity index (χ2v) is 2.55. The summed E-state index contributed by atoms with van der Waals surface area (Å²) >= 11 is 0. The van der Waals surface area contributed by atoms with Gasteiger partial charge in [-0.2, -0.15) is 0 Å². The van der Waals surface area contributed by atoms with Crippen LogP contribution in [0.5, 0.6) is 0 Å². The maximum atomic E-state index is 3.95. The molecular weight excluding hydrogens is 192 g/mol. The molecule has 0 atom stereocenters. The Bertz CT molecular complexity index is 112. The Morgan fingerprint density at radius 1 is 0.900 bits per heavy atom. The van der Waals surface area contributed by atoms with Gasteiger partial charge in [-0.3, -0.25) is 0 Å². The highest BCUT2D eigenvalue weighted by molar-refractivity contribution is 8.93. The average molecular weight is 207 g/mol. The van der Waals surface area contributed by atoms with E-state index < -0.39 is 0 Å². The molecule has 0 saturated heterocycles. The number of nitrogens with zero attached hydrogens (tertiary/aromatic N) is 2. The van der Waals surface area contributed by atoms with E-state index in [0.717, 1.165) is 0 Å². The molecule has 0 rings (SSSR count). The maximum Gasteiger partial charge on any atom is 0.0897 e. The van der Waals surface area contributed by atoms with Crippen LogP contribution >= 0.6 is 17.0 Å². The van der Waals surface area contributed by atoms with E-state index >= 15 is 0 Å². The van der Waals surface area contributed by atoms with Gasteiger partial charge in [-0.15, -0.1) is 17.0 Å². The average Bonchev–Trinajstić information content (AvgIpc) is 1.63. The molecule has 0 aromatic heterocycles. The summed E-state index contributed by atoms with van der Waals surface area (Å²) in [6.45, 7) is 8.01. The van der Waals surface area contributed by atoms with Crippen molar-refractivity contribution >= 4 is 23.0 Å². The van der Waals surface area contributed by atoms with Crippen molar-refractivity contribution in [1.29, 1.82) is 0 Å². The summed E-state index contributed by atoms with van der Waals surface area (Å²) < 4.78 is 0. The monoisotopic (exact) mass is 206 g/mol. The second-order valence-electron chi connectivity index (χ2n) is 2.55. The predicted octanol–water partition coefficient (Wildman–Crippen LogP) is 2.56. The summed E-state index contributed by atoms with van der Waals surface area (Å²) in [6.07, 6.45) is 0. The quantitative estimate of drug-likeness (QED) is 0.621. The molecule has 0 unspecified atom stereocenters. The van der Waals surface area contributed by atoms with E-state index in [0.29, 0.717) is 12.1 Å². The molecule has 0 aromatic rings. The molecule has 0 radical (unpaired) electrons. The molecule has 0 bridgehead atoms. The van der Waals surface area contributed by atoms with Crippen LogP contribution in [0.2, 0.25) is 0 Å². The number of rotatable bonds is 2. The van der Waals surface area contributed by atoms with E-state index in [1.54, 1.807) is 0 Å². The predicted molar refractivity (Wildman–Crippen MR) is 50.5 cm³/mol. The first-order valence-corrected chi connectivity index (χ1v) is 3.27. The van der Waals surface area contributed by atoms with Crippen LogP contribution in [0, 0.1) is 0 Å². The van der Waals surface area contributed by atoms with Crippen LogP contribution in [-0.2, 0) is 0 Å². The Balaban J connectivity index is 0. The van der Waals surface area contributed by atoms with Crippen molar-refractivity contribution in [3.8, 4) is 0 Å². The van der Waals surface area contributed by atoms with Crippen LogP contribution in [0.25, 0.3) is 0 Å². The van der Waals surface area contributed by atoms with Crippen molar-refractivity contribution in [3.05, 3.63) is 0 Å². The minimum absolute atomic E-state index is 0. The standard InChI is InChI=1S/C7H14N2.BrH/c1-6(2)8-5-9-7(3)4;/h6-7H,1-4H3;1H. The molecule has 3 heteroatoms. The fourth-order valence-corrected chi connectivity index (χ4v) is 0.264. The maximum absolute atomic E-state index is 3.95. The smallest absolute Gasteiger partial charge is 0.0897 e. The summed E-state index contributed by atoms with van der Waals surface area (Å²) in [5.41, 5.74) is 0. The molecule has 0 N–H and O–H groups in total. The van der Waals surface area contributed by atoms with Crippen LogP contribution in [0.3, 0.4) is 0 Å². The highest BCUT2D eigenvalue weighted by Crippen LogP contribution is 1.84. The lowest BCUT2D eigenvalue weighted by molar-refractivity contribution is 0.818. The fraction of sp³-hybridized carbons (Fsp3) is 0.857. The zero-order chi connectivity index (χ0) is 7.28. The molecule has 0 fully saturated rings. The number of hydrogen-bond acceptors (Lipinski definition) is 2. The molecule has 0 spiro atoms. The highest BCUT2D eigenvalue weighted by atomic mass is 79.9. The molecule has 10 heavy (non-hydrogen) atoms. The molecule has 0 aliphatic rings. The minimum atomic E-state index is 0. The van der Waals surface area contributed by atoms with Crippen LogP contribution in [0.4, 0.5) is 0 Å². The lowest BCUT2D eigenvalue weighted by atomic mass is 10.4. The van der Waals surface area contributed by atoms with Gasteiger partial charge < -0.3 is 0 Å². The van der Waals surface area contributed by atoms with Gasteiger partial charge in [0.25, 0.3) is 0 Å². The van der Waals surface area contributed by atoms with Crippen LogP contribution < -0.4 is 0 Å². The van der Waals surface area contributed by atoms with Gasteiger partial charge >= 0.3 is 0 Å². The largest absolute Gasteiger partial charge is 0.223 e. The van der Waals surface area contributed by atoms with Crippen molar-refractivity contribution in [2.75, 3.05) is 0 Å². The summed E-state index contributed by atoms with van der Waals surface area (Å²) in [7, 11) is 0. The Kier molecular flexibility index (Phi) is 8.74. The lowest BCUT2D eigenvalue weighted by Crippen LogP contribution is -1.88. The van der Waals surface area contributed by atoms with Gasteiger partial charge in [0.2, 0.25) is 0 Å². The van der Waals surface area contributed by atoms with E-state index in [9.17, 15) is 0 Å². The normalized spacial score (nSPS) is 8.60. The third kappa shape index (κ3) is 10.8. The SMILES string of the molecule is Br.CC(C)N=C=NC(C)C. The van der Waals surface area contributed by atoms with Crippen LogP contribution in [0.15, 0.2) is 9.98 Å². The molecule has 0 aromatic carbocycles. The summed E-state index contributed by atoms with van der Waals surface area (Å²) in [5.74, 6) is 0. The van der Waals surface area contributed by atoms with Gasteiger partial charge in [-0.05, 0) is 27.7 Å². The Hall–Kier alpha value is -0.140. The van der Waals surface area contributed by atoms with Crippen LogP contribution in [0.1, 0.15) is 27.7 Å². The van der Waals surface area contributed by atoms with Gasteiger partial charge in [0.05, 0.1) is 18.1 Å². The Morgan fingerprint density at radius 2 is 1.20 bits per heavy atom. The number of halogens is 1. The van der Waals surface area contributed by atoms with Crippen molar-refractivity contribution in [2.24, 2.45) is 9.98 Å². The molecule has 2 nitrogen and oxygen atoms in total.